The van der Waals surface area contributed by atoms with Gasteiger partial charge in [-0.05, 0) is 17.2 Å². The molecule has 0 aromatic heterocycles. The molecular formula is C19H16F3NO5. The molecule has 1 saturated heterocycles. The molecule has 2 aromatic rings. The lowest BCUT2D eigenvalue weighted by molar-refractivity contribution is -0.159. The number of carboxylic acid groups (broad SMARTS) is 2. The highest BCUT2D eigenvalue weighted by Gasteiger charge is 2.51. The van der Waals surface area contributed by atoms with Crippen LogP contribution >= 0.6 is 0 Å². The van der Waals surface area contributed by atoms with Gasteiger partial charge >= 0.3 is 18.1 Å². The van der Waals surface area contributed by atoms with Crippen LogP contribution in [-0.2, 0) is 26.1 Å². The monoisotopic (exact) mass is 395 g/mol. The van der Waals surface area contributed by atoms with Gasteiger partial charge in [-0.2, -0.15) is 13.2 Å². The van der Waals surface area contributed by atoms with Gasteiger partial charge in [0.25, 0.3) is 0 Å². The van der Waals surface area contributed by atoms with E-state index in [1.807, 2.05) is 24.3 Å². The van der Waals surface area contributed by atoms with Crippen LogP contribution in [0.3, 0.4) is 0 Å². The number of fused-ring (bicyclic) bond motifs is 5. The van der Waals surface area contributed by atoms with Gasteiger partial charge < -0.3 is 20.3 Å². The van der Waals surface area contributed by atoms with E-state index in [4.69, 9.17) is 24.5 Å². The van der Waals surface area contributed by atoms with Gasteiger partial charge in [0.1, 0.15) is 5.60 Å². The zero-order valence-electron chi connectivity index (χ0n) is 14.4. The molecule has 0 radical (unpaired) electrons. The third kappa shape index (κ3) is 3.46. The molecule has 0 saturated carbocycles. The SMILES string of the molecule is FC(F)(F)c1ccccc1C12CNCC(O1)c1ccccc12.O=C(O)C(=O)O. The molecule has 1 fully saturated rings. The molecule has 2 aromatic carbocycles. The second-order valence-corrected chi connectivity index (χ2v) is 6.31. The molecule has 0 aliphatic carbocycles. The van der Waals surface area contributed by atoms with Crippen LogP contribution in [0.4, 0.5) is 13.2 Å². The number of benzene rings is 2. The van der Waals surface area contributed by atoms with E-state index in [1.54, 1.807) is 6.07 Å². The normalized spacial score (nSPS) is 22.6. The highest BCUT2D eigenvalue weighted by molar-refractivity contribution is 6.27. The van der Waals surface area contributed by atoms with Gasteiger partial charge in [0.05, 0.1) is 11.7 Å². The molecule has 4 rings (SSSR count). The van der Waals surface area contributed by atoms with Crippen molar-refractivity contribution < 1.29 is 37.7 Å². The molecule has 2 atom stereocenters. The number of nitrogens with one attached hydrogen (secondary N) is 1. The number of halogens is 3. The predicted molar refractivity (Wildman–Crippen MR) is 90.6 cm³/mol. The van der Waals surface area contributed by atoms with E-state index in [0.29, 0.717) is 13.1 Å². The number of hydrogen-bond donors (Lipinski definition) is 3. The summed E-state index contributed by atoms with van der Waals surface area (Å²) in [5.74, 6) is -3.65. The first-order chi connectivity index (χ1) is 13.2. The Labute approximate surface area is 157 Å². The summed E-state index contributed by atoms with van der Waals surface area (Å²) < 4.78 is 46.4. The lowest BCUT2D eigenvalue weighted by Crippen LogP contribution is -2.45. The van der Waals surface area contributed by atoms with Crippen molar-refractivity contribution in [2.75, 3.05) is 13.1 Å². The summed E-state index contributed by atoms with van der Waals surface area (Å²) in [5, 5.41) is 18.0. The molecular weight excluding hydrogens is 379 g/mol. The Hall–Kier alpha value is -2.91. The van der Waals surface area contributed by atoms with Gasteiger partial charge in [-0.25, -0.2) is 9.59 Å². The minimum absolute atomic E-state index is 0.185. The van der Waals surface area contributed by atoms with E-state index in [-0.39, 0.29) is 11.7 Å². The smallest absolute Gasteiger partial charge is 0.416 e. The summed E-state index contributed by atoms with van der Waals surface area (Å²) in [6, 6.07) is 13.2. The topological polar surface area (TPSA) is 95.9 Å². The van der Waals surface area contributed by atoms with Crippen molar-refractivity contribution in [3.05, 3.63) is 70.8 Å². The molecule has 0 amide bonds. The summed E-state index contributed by atoms with van der Waals surface area (Å²) in [5.41, 5.74) is 0.302. The number of morpholine rings is 1. The lowest BCUT2D eigenvalue weighted by Gasteiger charge is -2.36. The van der Waals surface area contributed by atoms with Crippen LogP contribution < -0.4 is 5.32 Å². The van der Waals surface area contributed by atoms with Crippen molar-refractivity contribution in [2.45, 2.75) is 17.9 Å². The Morgan fingerprint density at radius 2 is 1.57 bits per heavy atom. The molecule has 28 heavy (non-hydrogen) atoms. The lowest BCUT2D eigenvalue weighted by atomic mass is 9.83. The largest absolute Gasteiger partial charge is 0.473 e. The van der Waals surface area contributed by atoms with Gasteiger partial charge in [0, 0.05) is 18.7 Å². The molecule has 2 heterocycles. The van der Waals surface area contributed by atoms with E-state index >= 15 is 0 Å². The highest BCUT2D eigenvalue weighted by atomic mass is 19.4. The Bertz CT molecular complexity index is 902. The number of carboxylic acids is 2. The van der Waals surface area contributed by atoms with Crippen LogP contribution in [0, 0.1) is 0 Å². The van der Waals surface area contributed by atoms with Crippen LogP contribution in [0.15, 0.2) is 48.5 Å². The summed E-state index contributed by atoms with van der Waals surface area (Å²) in [4.78, 5) is 18.2. The number of hydrogen-bond acceptors (Lipinski definition) is 4. The van der Waals surface area contributed by atoms with E-state index in [1.165, 1.54) is 12.1 Å². The summed E-state index contributed by atoms with van der Waals surface area (Å²) in [7, 11) is 0. The molecule has 148 valence electrons. The zero-order chi connectivity index (χ0) is 20.5. The molecule has 6 nitrogen and oxygen atoms in total. The number of ether oxygens (including phenoxy) is 1. The number of alkyl halides is 3. The first-order valence-electron chi connectivity index (χ1n) is 8.27. The fourth-order valence-corrected chi connectivity index (χ4v) is 3.57. The van der Waals surface area contributed by atoms with Crippen molar-refractivity contribution in [2.24, 2.45) is 0 Å². The number of aliphatic carboxylic acids is 2. The molecule has 2 aliphatic rings. The van der Waals surface area contributed by atoms with Crippen molar-refractivity contribution in [1.29, 1.82) is 0 Å². The maximum absolute atomic E-state index is 13.4. The van der Waals surface area contributed by atoms with Crippen LogP contribution in [0.5, 0.6) is 0 Å². The summed E-state index contributed by atoms with van der Waals surface area (Å²) in [6.45, 7) is 0.959. The number of carbonyl (C=O) groups is 2. The first-order valence-corrected chi connectivity index (χ1v) is 8.27. The Morgan fingerprint density at radius 1 is 1.00 bits per heavy atom. The molecule has 2 bridgehead atoms. The Balaban J connectivity index is 0.000000330. The van der Waals surface area contributed by atoms with E-state index < -0.39 is 29.3 Å². The van der Waals surface area contributed by atoms with Crippen molar-refractivity contribution >= 4 is 11.9 Å². The molecule has 2 aliphatic heterocycles. The Morgan fingerprint density at radius 3 is 2.18 bits per heavy atom. The van der Waals surface area contributed by atoms with E-state index in [9.17, 15) is 13.2 Å². The van der Waals surface area contributed by atoms with Gasteiger partial charge in [-0.3, -0.25) is 0 Å². The van der Waals surface area contributed by atoms with Crippen LogP contribution in [-0.4, -0.2) is 35.2 Å². The second-order valence-electron chi connectivity index (χ2n) is 6.31. The minimum Gasteiger partial charge on any atom is -0.473 e. The molecule has 2 unspecified atom stereocenters. The van der Waals surface area contributed by atoms with Crippen molar-refractivity contribution in [3.8, 4) is 0 Å². The summed E-state index contributed by atoms with van der Waals surface area (Å²) >= 11 is 0. The average Bonchev–Trinajstić information content (AvgIpc) is 2.89. The zero-order valence-corrected chi connectivity index (χ0v) is 14.4. The first kappa shape index (κ1) is 19.8. The Kier molecular flexibility index (Phi) is 5.14. The highest BCUT2D eigenvalue weighted by Crippen LogP contribution is 2.51. The third-order valence-corrected chi connectivity index (χ3v) is 4.64. The minimum atomic E-state index is -4.40. The van der Waals surface area contributed by atoms with Gasteiger partial charge in [0.15, 0.2) is 0 Å². The van der Waals surface area contributed by atoms with E-state index in [2.05, 4.69) is 5.32 Å². The van der Waals surface area contributed by atoms with Crippen LogP contribution in [0.1, 0.15) is 28.4 Å². The maximum Gasteiger partial charge on any atom is 0.416 e. The fourth-order valence-electron chi connectivity index (χ4n) is 3.57. The van der Waals surface area contributed by atoms with Crippen LogP contribution in [0.25, 0.3) is 0 Å². The van der Waals surface area contributed by atoms with Crippen LogP contribution in [0.2, 0.25) is 0 Å². The van der Waals surface area contributed by atoms with Gasteiger partial charge in [-0.1, -0.05) is 42.5 Å². The van der Waals surface area contributed by atoms with E-state index in [0.717, 1.165) is 17.2 Å². The number of rotatable bonds is 1. The van der Waals surface area contributed by atoms with Crippen molar-refractivity contribution in [1.82, 2.24) is 5.32 Å². The summed E-state index contributed by atoms with van der Waals surface area (Å²) in [6.07, 6.45) is -4.61. The third-order valence-electron chi connectivity index (χ3n) is 4.64. The molecule has 9 heteroatoms. The quantitative estimate of drug-likeness (QED) is 0.643. The predicted octanol–water partition coefficient (Wildman–Crippen LogP) is 2.78. The average molecular weight is 395 g/mol. The molecule has 3 N–H and O–H groups in total. The molecule has 0 spiro atoms. The van der Waals surface area contributed by atoms with Crippen molar-refractivity contribution in [3.63, 3.8) is 0 Å². The second kappa shape index (κ2) is 7.25. The maximum atomic E-state index is 13.4. The van der Waals surface area contributed by atoms with Gasteiger partial charge in [-0.15, -0.1) is 0 Å². The standard InChI is InChI=1S/C17H14F3NO.C2H2O4/c18-17(19,20)14-8-4-3-7-13(14)16-10-21-9-15(22-16)11-5-1-2-6-12(11)16;3-1(4)2(5)6/h1-8,15,21H,9-10H2;(H,3,4)(H,5,6). The fraction of sp³-hybridized carbons (Fsp3) is 0.263. The van der Waals surface area contributed by atoms with Gasteiger partial charge in [0.2, 0.25) is 0 Å².